The Morgan fingerprint density at radius 3 is 2.72 bits per heavy atom. The summed E-state index contributed by atoms with van der Waals surface area (Å²) in [5.41, 5.74) is 13.4. The topological polar surface area (TPSA) is 101 Å². The second kappa shape index (κ2) is 7.20. The van der Waals surface area contributed by atoms with Crippen molar-refractivity contribution in [3.05, 3.63) is 29.6 Å². The molecule has 0 fully saturated rings. The van der Waals surface area contributed by atoms with Crippen molar-refractivity contribution >= 4 is 57.5 Å². The van der Waals surface area contributed by atoms with Crippen molar-refractivity contribution in [3.63, 3.8) is 0 Å². The van der Waals surface area contributed by atoms with Crippen LogP contribution in [0.1, 0.15) is 0 Å². The SMILES string of the molecule is Br.Cl.N=C(N)Nc1nc(-c2cccc(N)c2)cs1. The van der Waals surface area contributed by atoms with Crippen molar-refractivity contribution in [1.29, 1.82) is 5.41 Å². The van der Waals surface area contributed by atoms with Crippen LogP contribution in [0.4, 0.5) is 10.8 Å². The molecule has 1 aromatic heterocycles. The van der Waals surface area contributed by atoms with Gasteiger partial charge >= 0.3 is 0 Å². The average Bonchev–Trinajstić information content (AvgIpc) is 2.65. The Morgan fingerprint density at radius 1 is 1.39 bits per heavy atom. The summed E-state index contributed by atoms with van der Waals surface area (Å²) in [5, 5.41) is 12.2. The number of nitrogens with two attached hydrogens (primary N) is 2. The van der Waals surface area contributed by atoms with Crippen LogP contribution in [-0.4, -0.2) is 10.9 Å². The van der Waals surface area contributed by atoms with Crippen molar-refractivity contribution in [1.82, 2.24) is 4.98 Å². The number of aromatic nitrogens is 1. The highest BCUT2D eigenvalue weighted by Gasteiger charge is 2.04. The molecule has 98 valence electrons. The molecule has 18 heavy (non-hydrogen) atoms. The van der Waals surface area contributed by atoms with Gasteiger partial charge in [-0.3, -0.25) is 5.41 Å². The van der Waals surface area contributed by atoms with Gasteiger partial charge in [0, 0.05) is 16.6 Å². The van der Waals surface area contributed by atoms with Crippen molar-refractivity contribution < 1.29 is 0 Å². The largest absolute Gasteiger partial charge is 0.399 e. The minimum absolute atomic E-state index is 0. The zero-order valence-electron chi connectivity index (χ0n) is 9.21. The third-order valence-corrected chi connectivity index (χ3v) is 2.69. The fraction of sp³-hybridized carbons (Fsp3) is 0. The van der Waals surface area contributed by atoms with Crippen LogP contribution >= 0.6 is 40.7 Å². The first-order valence-electron chi connectivity index (χ1n) is 4.57. The van der Waals surface area contributed by atoms with Gasteiger partial charge < -0.3 is 16.8 Å². The maximum Gasteiger partial charge on any atom is 0.192 e. The van der Waals surface area contributed by atoms with E-state index in [1.807, 2.05) is 29.6 Å². The number of nitrogens with zero attached hydrogens (tertiary/aromatic N) is 1. The van der Waals surface area contributed by atoms with E-state index in [-0.39, 0.29) is 35.3 Å². The number of anilines is 2. The number of hydrogen-bond donors (Lipinski definition) is 4. The Hall–Kier alpha value is -1.31. The summed E-state index contributed by atoms with van der Waals surface area (Å²) in [5.74, 6) is -0.117. The molecule has 0 atom stereocenters. The monoisotopic (exact) mass is 349 g/mol. The molecular weight excluding hydrogens is 338 g/mol. The van der Waals surface area contributed by atoms with Gasteiger partial charge in [0.1, 0.15) is 0 Å². The first kappa shape index (κ1) is 16.7. The molecule has 0 aliphatic rings. The summed E-state index contributed by atoms with van der Waals surface area (Å²) >= 11 is 1.39. The maximum absolute atomic E-state index is 7.09. The molecule has 5 nitrogen and oxygen atoms in total. The highest BCUT2D eigenvalue weighted by Crippen LogP contribution is 2.25. The first-order chi connectivity index (χ1) is 7.65. The molecule has 0 radical (unpaired) electrons. The normalized spacial score (nSPS) is 8.89. The van der Waals surface area contributed by atoms with Crippen molar-refractivity contribution in [3.8, 4) is 11.3 Å². The van der Waals surface area contributed by atoms with E-state index in [9.17, 15) is 0 Å². The fourth-order valence-corrected chi connectivity index (χ4v) is 2.01. The standard InChI is InChI=1S/C10H11N5S.BrH.ClH/c11-7-3-1-2-6(4-7)8-5-16-10(14-8)15-9(12)13;;/h1-5H,11H2,(H4,12,13,14,15);2*1H. The van der Waals surface area contributed by atoms with E-state index in [4.69, 9.17) is 16.9 Å². The molecule has 2 rings (SSSR count). The van der Waals surface area contributed by atoms with Crippen LogP contribution in [-0.2, 0) is 0 Å². The Bertz CT molecular complexity index is 530. The van der Waals surface area contributed by atoms with Gasteiger partial charge in [-0.15, -0.1) is 40.7 Å². The van der Waals surface area contributed by atoms with E-state index in [0.29, 0.717) is 10.8 Å². The average molecular weight is 351 g/mol. The molecule has 0 aliphatic carbocycles. The molecule has 6 N–H and O–H groups in total. The number of halogens is 2. The highest BCUT2D eigenvalue weighted by atomic mass is 79.9. The molecular formula is C10H13BrClN5S. The molecule has 0 amide bonds. The fourth-order valence-electron chi connectivity index (χ4n) is 1.28. The van der Waals surface area contributed by atoms with Crippen LogP contribution in [0.5, 0.6) is 0 Å². The van der Waals surface area contributed by atoms with Crippen LogP contribution in [0.2, 0.25) is 0 Å². The molecule has 0 bridgehead atoms. The summed E-state index contributed by atoms with van der Waals surface area (Å²) in [6, 6.07) is 7.49. The van der Waals surface area contributed by atoms with Crippen molar-refractivity contribution in [2.24, 2.45) is 5.73 Å². The zero-order chi connectivity index (χ0) is 11.5. The highest BCUT2D eigenvalue weighted by molar-refractivity contribution is 8.93. The lowest BCUT2D eigenvalue weighted by atomic mass is 10.1. The number of hydrogen-bond acceptors (Lipinski definition) is 4. The second-order valence-electron chi connectivity index (χ2n) is 3.20. The van der Waals surface area contributed by atoms with E-state index in [2.05, 4.69) is 10.3 Å². The Labute approximate surface area is 125 Å². The van der Waals surface area contributed by atoms with Crippen LogP contribution < -0.4 is 16.8 Å². The minimum atomic E-state index is -0.117. The summed E-state index contributed by atoms with van der Waals surface area (Å²) in [4.78, 5) is 4.29. The number of rotatable bonds is 2. The number of thiazole rings is 1. The number of nitrogen functional groups attached to an aromatic ring is 1. The van der Waals surface area contributed by atoms with E-state index < -0.39 is 0 Å². The quantitative estimate of drug-likeness (QED) is 0.380. The van der Waals surface area contributed by atoms with Crippen molar-refractivity contribution in [2.45, 2.75) is 0 Å². The predicted octanol–water partition coefficient (Wildman–Crippen LogP) is 2.70. The van der Waals surface area contributed by atoms with Gasteiger partial charge in [-0.2, -0.15) is 0 Å². The molecule has 8 heteroatoms. The Morgan fingerprint density at radius 2 is 2.11 bits per heavy atom. The minimum Gasteiger partial charge on any atom is -0.399 e. The lowest BCUT2D eigenvalue weighted by Crippen LogP contribution is -2.20. The summed E-state index contributed by atoms with van der Waals surface area (Å²) in [6.45, 7) is 0. The Kier molecular flexibility index (Phi) is 6.67. The van der Waals surface area contributed by atoms with Gasteiger partial charge in [0.25, 0.3) is 0 Å². The van der Waals surface area contributed by atoms with Crippen LogP contribution in [0.3, 0.4) is 0 Å². The van der Waals surface area contributed by atoms with E-state index >= 15 is 0 Å². The van der Waals surface area contributed by atoms with Gasteiger partial charge in [-0.05, 0) is 12.1 Å². The molecule has 0 spiro atoms. The second-order valence-corrected chi connectivity index (χ2v) is 4.06. The number of guanidine groups is 1. The van der Waals surface area contributed by atoms with Crippen LogP contribution in [0.15, 0.2) is 29.6 Å². The zero-order valence-corrected chi connectivity index (χ0v) is 12.6. The van der Waals surface area contributed by atoms with Gasteiger partial charge in [0.05, 0.1) is 5.69 Å². The molecule has 0 aliphatic heterocycles. The summed E-state index contributed by atoms with van der Waals surface area (Å²) in [6.07, 6.45) is 0. The summed E-state index contributed by atoms with van der Waals surface area (Å²) in [7, 11) is 0. The third kappa shape index (κ3) is 4.17. The van der Waals surface area contributed by atoms with Gasteiger partial charge in [0.2, 0.25) is 0 Å². The molecule has 0 saturated carbocycles. The van der Waals surface area contributed by atoms with Crippen LogP contribution in [0, 0.1) is 5.41 Å². The molecule has 0 saturated heterocycles. The van der Waals surface area contributed by atoms with Gasteiger partial charge in [-0.25, -0.2) is 4.98 Å². The summed E-state index contributed by atoms with van der Waals surface area (Å²) < 4.78 is 0. The smallest absolute Gasteiger partial charge is 0.192 e. The van der Waals surface area contributed by atoms with Crippen molar-refractivity contribution in [2.75, 3.05) is 11.1 Å². The van der Waals surface area contributed by atoms with Gasteiger partial charge in [0.15, 0.2) is 11.1 Å². The lowest BCUT2D eigenvalue weighted by molar-refractivity contribution is 1.36. The molecule has 0 unspecified atom stereocenters. The number of benzene rings is 1. The lowest BCUT2D eigenvalue weighted by Gasteiger charge is -1.98. The molecule has 2 aromatic rings. The molecule has 1 aromatic carbocycles. The Balaban J connectivity index is 0.00000144. The third-order valence-electron chi connectivity index (χ3n) is 1.93. The van der Waals surface area contributed by atoms with E-state index in [0.717, 1.165) is 11.3 Å². The predicted molar refractivity (Wildman–Crippen MR) is 85.1 cm³/mol. The number of nitrogens with one attached hydrogen (secondary N) is 2. The van der Waals surface area contributed by atoms with E-state index in [1.165, 1.54) is 11.3 Å². The maximum atomic E-state index is 7.09. The molecule has 1 heterocycles. The van der Waals surface area contributed by atoms with Gasteiger partial charge in [-0.1, -0.05) is 12.1 Å². The van der Waals surface area contributed by atoms with Crippen LogP contribution in [0.25, 0.3) is 11.3 Å². The van der Waals surface area contributed by atoms with E-state index in [1.54, 1.807) is 0 Å². The first-order valence-corrected chi connectivity index (χ1v) is 5.45.